The average molecular weight is 809 g/mol. The predicted molar refractivity (Wildman–Crippen MR) is 265 cm³/mol. The molecule has 294 valence electrons. The predicted octanol–water partition coefficient (Wildman–Crippen LogP) is 12.3. The Balaban J connectivity index is 1.18. The Labute approximate surface area is 364 Å². The van der Waals surface area contributed by atoms with Crippen LogP contribution < -0.4 is 20.7 Å². The number of para-hydroxylation sites is 2. The lowest BCUT2D eigenvalue weighted by Crippen LogP contribution is -2.74. The van der Waals surface area contributed by atoms with E-state index in [-0.39, 0.29) is 0 Å². The maximum Gasteiger partial charge on any atom is 0.179 e. The molecule has 0 aliphatic heterocycles. The molecule has 0 N–H and O–H groups in total. The van der Waals surface area contributed by atoms with Gasteiger partial charge < -0.3 is 0 Å². The van der Waals surface area contributed by atoms with E-state index in [9.17, 15) is 0 Å². The summed E-state index contributed by atoms with van der Waals surface area (Å²) in [5.74, 6) is 1.06. The van der Waals surface area contributed by atoms with Crippen molar-refractivity contribution in [3.63, 3.8) is 0 Å². The molecule has 0 spiro atoms. The lowest BCUT2D eigenvalue weighted by Gasteiger charge is -2.35. The number of benzene rings is 10. The van der Waals surface area contributed by atoms with Crippen LogP contribution >= 0.6 is 0 Å². The van der Waals surface area contributed by atoms with E-state index in [4.69, 9.17) is 4.98 Å². The topological polar surface area (TPSA) is 17.8 Å². The second-order valence-corrected chi connectivity index (χ2v) is 19.9. The zero-order valence-electron chi connectivity index (χ0n) is 34.6. The van der Waals surface area contributed by atoms with Gasteiger partial charge in [-0.15, -0.1) is 0 Å². The third kappa shape index (κ3) is 6.20. The maximum absolute atomic E-state index is 5.12. The van der Waals surface area contributed by atoms with Gasteiger partial charge >= 0.3 is 0 Å². The van der Waals surface area contributed by atoms with Crippen molar-refractivity contribution in [2.45, 2.75) is 13.3 Å². The SMILES string of the molecule is CCc1nc2ccccc2n1-c1c2ccccc2c(-c2ccc([Si](c3ccccc3)(c3ccccc3)c3cc(-c4ccccc4)cc(-c4ccccc4)c3)cc2)c2ccccc12. The van der Waals surface area contributed by atoms with Crippen molar-refractivity contribution in [2.24, 2.45) is 0 Å². The van der Waals surface area contributed by atoms with E-state index in [0.717, 1.165) is 23.3 Å². The smallest absolute Gasteiger partial charge is 0.179 e. The first-order valence-corrected chi connectivity index (χ1v) is 23.6. The molecular formula is C59H44N2Si. The van der Waals surface area contributed by atoms with E-state index in [1.807, 2.05) is 0 Å². The van der Waals surface area contributed by atoms with Crippen LogP contribution in [0.3, 0.4) is 0 Å². The number of aryl methyl sites for hydroxylation is 1. The van der Waals surface area contributed by atoms with Crippen molar-refractivity contribution >= 4 is 61.4 Å². The Morgan fingerprint density at radius 2 is 0.806 bits per heavy atom. The summed E-state index contributed by atoms with van der Waals surface area (Å²) < 4.78 is 2.40. The molecule has 10 aromatic carbocycles. The highest BCUT2D eigenvalue weighted by atomic mass is 28.3. The third-order valence-corrected chi connectivity index (χ3v) is 17.4. The summed E-state index contributed by atoms with van der Waals surface area (Å²) in [6.45, 7) is 2.20. The van der Waals surface area contributed by atoms with E-state index in [0.29, 0.717) is 0 Å². The number of hydrogen-bond acceptors (Lipinski definition) is 1. The quantitative estimate of drug-likeness (QED) is 0.0807. The lowest BCUT2D eigenvalue weighted by molar-refractivity contribution is 0.917. The molecule has 0 amide bonds. The van der Waals surface area contributed by atoms with Crippen LogP contribution in [0.4, 0.5) is 0 Å². The number of nitrogens with zero attached hydrogens (tertiary/aromatic N) is 2. The minimum absolute atomic E-state index is 0.829. The molecule has 0 saturated heterocycles. The van der Waals surface area contributed by atoms with Crippen LogP contribution in [0.1, 0.15) is 12.7 Å². The summed E-state index contributed by atoms with van der Waals surface area (Å²) in [6, 6.07) is 87.6. The fraction of sp³-hybridized carbons (Fsp3) is 0.0339. The van der Waals surface area contributed by atoms with E-state index >= 15 is 0 Å². The Morgan fingerprint density at radius 3 is 1.32 bits per heavy atom. The summed E-state index contributed by atoms with van der Waals surface area (Å²) >= 11 is 0. The summed E-state index contributed by atoms with van der Waals surface area (Å²) in [4.78, 5) is 5.12. The highest BCUT2D eigenvalue weighted by molar-refractivity contribution is 7.20. The van der Waals surface area contributed by atoms with Crippen LogP contribution in [0.2, 0.25) is 0 Å². The number of imidazole rings is 1. The van der Waals surface area contributed by atoms with Gasteiger partial charge in [-0.3, -0.25) is 4.57 Å². The standard InChI is InChI=1S/C59H44N2Si/c1-2-57-60-55-33-19-20-34-56(55)61(57)59-53-31-17-15-29-51(53)58(52-30-16-18-32-54(52)59)44-35-37-49(38-36-44)62(47-25-11-5-12-26-47,48-27-13-6-14-28-48)50-40-45(42-21-7-3-8-22-42)39-46(41-50)43-23-9-4-10-24-43/h3-41H,2H2,1H3. The summed E-state index contributed by atoms with van der Waals surface area (Å²) in [5.41, 5.74) is 10.6. The van der Waals surface area contributed by atoms with Crippen LogP contribution in [0, 0.1) is 0 Å². The molecular weight excluding hydrogens is 765 g/mol. The van der Waals surface area contributed by atoms with E-state index in [1.165, 1.54) is 81.4 Å². The zero-order chi connectivity index (χ0) is 41.5. The summed E-state index contributed by atoms with van der Waals surface area (Å²) in [5, 5.41) is 10.3. The van der Waals surface area contributed by atoms with E-state index < -0.39 is 8.07 Å². The minimum atomic E-state index is -2.95. The van der Waals surface area contributed by atoms with Gasteiger partial charge in [0.15, 0.2) is 8.07 Å². The molecule has 0 aliphatic rings. The van der Waals surface area contributed by atoms with Crippen molar-refractivity contribution in [3.05, 3.63) is 242 Å². The molecule has 2 nitrogen and oxygen atoms in total. The first-order valence-electron chi connectivity index (χ1n) is 21.6. The highest BCUT2D eigenvalue weighted by Gasteiger charge is 2.42. The molecule has 0 saturated carbocycles. The first-order chi connectivity index (χ1) is 30.7. The normalized spacial score (nSPS) is 11.7. The van der Waals surface area contributed by atoms with Gasteiger partial charge in [0, 0.05) is 17.2 Å². The van der Waals surface area contributed by atoms with E-state index in [1.54, 1.807) is 0 Å². The Hall–Kier alpha value is -7.59. The fourth-order valence-corrected chi connectivity index (χ4v) is 14.7. The second kappa shape index (κ2) is 15.8. The van der Waals surface area contributed by atoms with Crippen LogP contribution in [-0.4, -0.2) is 17.6 Å². The van der Waals surface area contributed by atoms with Crippen molar-refractivity contribution in [1.29, 1.82) is 0 Å². The largest absolute Gasteiger partial charge is 0.295 e. The molecule has 0 aliphatic carbocycles. The van der Waals surface area contributed by atoms with Crippen LogP contribution in [0.25, 0.3) is 71.6 Å². The number of fused-ring (bicyclic) bond motifs is 3. The Bertz CT molecular complexity index is 3200. The second-order valence-electron chi connectivity index (χ2n) is 16.1. The van der Waals surface area contributed by atoms with E-state index in [2.05, 4.69) is 248 Å². The number of aromatic nitrogens is 2. The van der Waals surface area contributed by atoms with Gasteiger partial charge in [0.25, 0.3) is 0 Å². The molecule has 1 aromatic heterocycles. The Morgan fingerprint density at radius 1 is 0.371 bits per heavy atom. The van der Waals surface area contributed by atoms with Gasteiger partial charge in [0.05, 0.1) is 16.7 Å². The van der Waals surface area contributed by atoms with Crippen LogP contribution in [-0.2, 0) is 6.42 Å². The van der Waals surface area contributed by atoms with Crippen LogP contribution in [0.15, 0.2) is 237 Å². The molecule has 0 fully saturated rings. The average Bonchev–Trinajstić information content (AvgIpc) is 3.73. The van der Waals surface area contributed by atoms with Crippen LogP contribution in [0.5, 0.6) is 0 Å². The molecule has 11 aromatic rings. The van der Waals surface area contributed by atoms with Crippen molar-refractivity contribution < 1.29 is 0 Å². The fourth-order valence-electron chi connectivity index (χ4n) is 9.92. The minimum Gasteiger partial charge on any atom is -0.295 e. The van der Waals surface area contributed by atoms with Gasteiger partial charge in [0.1, 0.15) is 5.82 Å². The molecule has 0 radical (unpaired) electrons. The maximum atomic E-state index is 5.12. The summed E-state index contributed by atoms with van der Waals surface area (Å²) in [6.07, 6.45) is 0.829. The molecule has 11 rings (SSSR count). The molecule has 0 atom stereocenters. The summed E-state index contributed by atoms with van der Waals surface area (Å²) in [7, 11) is -2.95. The monoisotopic (exact) mass is 808 g/mol. The first kappa shape index (κ1) is 37.4. The Kier molecular flexibility index (Phi) is 9.52. The van der Waals surface area contributed by atoms with Gasteiger partial charge in [0.2, 0.25) is 0 Å². The van der Waals surface area contributed by atoms with Gasteiger partial charge in [-0.2, -0.15) is 0 Å². The van der Waals surface area contributed by atoms with Crippen molar-refractivity contribution in [3.8, 4) is 39.1 Å². The highest BCUT2D eigenvalue weighted by Crippen LogP contribution is 2.42. The molecule has 62 heavy (non-hydrogen) atoms. The molecule has 1 heterocycles. The number of hydrogen-bond donors (Lipinski definition) is 0. The van der Waals surface area contributed by atoms with Gasteiger partial charge in [-0.1, -0.05) is 225 Å². The molecule has 3 heteroatoms. The molecule has 0 bridgehead atoms. The number of rotatable bonds is 9. The van der Waals surface area contributed by atoms with Crippen molar-refractivity contribution in [2.75, 3.05) is 0 Å². The van der Waals surface area contributed by atoms with Gasteiger partial charge in [-0.05, 0) is 83.1 Å². The molecule has 0 unspecified atom stereocenters. The third-order valence-electron chi connectivity index (χ3n) is 12.7. The van der Waals surface area contributed by atoms with Crippen molar-refractivity contribution in [1.82, 2.24) is 9.55 Å². The zero-order valence-corrected chi connectivity index (χ0v) is 35.6. The lowest BCUT2D eigenvalue weighted by atomic mass is 9.90. The van der Waals surface area contributed by atoms with Gasteiger partial charge in [-0.25, -0.2) is 4.98 Å².